The van der Waals surface area contributed by atoms with Crippen LogP contribution in [-0.4, -0.2) is 18.7 Å². The number of aryl methyl sites for hydroxylation is 1. The predicted octanol–water partition coefficient (Wildman–Crippen LogP) is 4.74. The van der Waals surface area contributed by atoms with E-state index in [1.165, 1.54) is 12.3 Å². The molecule has 0 fully saturated rings. The van der Waals surface area contributed by atoms with Crippen molar-refractivity contribution in [3.05, 3.63) is 53.2 Å². The molecule has 0 aliphatic rings. The van der Waals surface area contributed by atoms with Gasteiger partial charge in [0.2, 0.25) is 5.91 Å². The summed E-state index contributed by atoms with van der Waals surface area (Å²) in [7, 11) is 0. The molecule has 0 aliphatic heterocycles. The SMILES string of the molecule is Cc1cc(CNC(=O)c2ccnc(NC(=O)C(C)C)c2)ccc1OC(F)(I)I. The molecule has 0 atom stereocenters. The van der Waals surface area contributed by atoms with Gasteiger partial charge in [0.25, 0.3) is 5.91 Å². The van der Waals surface area contributed by atoms with Gasteiger partial charge in [0, 0.05) is 69.4 Å². The first-order valence-corrected chi connectivity index (χ1v) is 10.6. The molecule has 1 aromatic carbocycles. The van der Waals surface area contributed by atoms with E-state index >= 15 is 0 Å². The summed E-state index contributed by atoms with van der Waals surface area (Å²) in [6.07, 6.45) is 1.47. The summed E-state index contributed by atoms with van der Waals surface area (Å²) >= 11 is 3.12. The van der Waals surface area contributed by atoms with Gasteiger partial charge in [-0.2, -0.15) is 4.39 Å². The number of benzene rings is 1. The van der Waals surface area contributed by atoms with Gasteiger partial charge in [-0.25, -0.2) is 4.98 Å². The monoisotopic (exact) mass is 611 g/mol. The minimum atomic E-state index is -1.82. The maximum absolute atomic E-state index is 13.6. The number of pyridine rings is 1. The maximum atomic E-state index is 13.6. The number of hydrogen-bond donors (Lipinski definition) is 2. The number of halogens is 3. The zero-order valence-electron chi connectivity index (χ0n) is 15.6. The van der Waals surface area contributed by atoms with Crippen molar-refractivity contribution >= 4 is 62.8 Å². The molecule has 2 rings (SSSR count). The molecule has 9 heteroatoms. The van der Waals surface area contributed by atoms with E-state index in [4.69, 9.17) is 4.74 Å². The van der Waals surface area contributed by atoms with Crippen LogP contribution in [0.1, 0.15) is 35.3 Å². The molecule has 0 saturated heterocycles. The van der Waals surface area contributed by atoms with Gasteiger partial charge in [0.15, 0.2) is 0 Å². The average molecular weight is 611 g/mol. The van der Waals surface area contributed by atoms with Gasteiger partial charge in [-0.3, -0.25) is 9.59 Å². The molecule has 2 amide bonds. The van der Waals surface area contributed by atoms with Crippen molar-refractivity contribution in [2.75, 3.05) is 5.32 Å². The highest BCUT2D eigenvalue weighted by atomic mass is 127. The van der Waals surface area contributed by atoms with Gasteiger partial charge in [-0.1, -0.05) is 26.0 Å². The van der Waals surface area contributed by atoms with Crippen LogP contribution in [-0.2, 0) is 11.3 Å². The zero-order valence-corrected chi connectivity index (χ0v) is 19.9. The Kier molecular flexibility index (Phi) is 7.98. The second kappa shape index (κ2) is 9.81. The molecule has 2 N–H and O–H groups in total. The lowest BCUT2D eigenvalue weighted by atomic mass is 10.1. The van der Waals surface area contributed by atoms with Crippen LogP contribution in [0.4, 0.5) is 10.2 Å². The van der Waals surface area contributed by atoms with E-state index in [0.29, 0.717) is 23.7 Å². The van der Waals surface area contributed by atoms with Gasteiger partial charge >= 0.3 is 1.87 Å². The molecule has 0 radical (unpaired) electrons. The summed E-state index contributed by atoms with van der Waals surface area (Å²) in [4.78, 5) is 28.2. The van der Waals surface area contributed by atoms with Gasteiger partial charge in [-0.15, -0.1) is 0 Å². The van der Waals surface area contributed by atoms with E-state index in [1.54, 1.807) is 77.2 Å². The number of alkyl halides is 3. The number of rotatable bonds is 7. The zero-order chi connectivity index (χ0) is 20.9. The molecule has 2 aromatic rings. The van der Waals surface area contributed by atoms with Crippen LogP contribution in [0.25, 0.3) is 0 Å². The van der Waals surface area contributed by atoms with Crippen molar-refractivity contribution in [1.82, 2.24) is 10.3 Å². The van der Waals surface area contributed by atoms with E-state index in [0.717, 1.165) is 11.1 Å². The number of nitrogens with one attached hydrogen (secondary N) is 2. The number of anilines is 1. The summed E-state index contributed by atoms with van der Waals surface area (Å²) < 4.78 is 17.0. The van der Waals surface area contributed by atoms with E-state index in [2.05, 4.69) is 15.6 Å². The topological polar surface area (TPSA) is 80.3 Å². The van der Waals surface area contributed by atoms with Crippen LogP contribution >= 0.6 is 45.2 Å². The molecule has 28 heavy (non-hydrogen) atoms. The number of amides is 2. The molecule has 1 heterocycles. The Hall–Kier alpha value is -1.50. The molecule has 0 spiro atoms. The highest BCUT2D eigenvalue weighted by Crippen LogP contribution is 2.34. The molecule has 0 bridgehead atoms. The summed E-state index contributed by atoms with van der Waals surface area (Å²) in [6, 6.07) is 8.37. The third-order valence-corrected chi connectivity index (χ3v) is 4.16. The fraction of sp³-hybridized carbons (Fsp3) is 0.316. The minimum Gasteiger partial charge on any atom is -0.442 e. The Morgan fingerprint density at radius 3 is 2.57 bits per heavy atom. The maximum Gasteiger partial charge on any atom is 0.350 e. The van der Waals surface area contributed by atoms with Crippen molar-refractivity contribution in [1.29, 1.82) is 0 Å². The van der Waals surface area contributed by atoms with E-state index in [-0.39, 0.29) is 17.7 Å². The highest BCUT2D eigenvalue weighted by Gasteiger charge is 2.23. The van der Waals surface area contributed by atoms with Gasteiger partial charge in [0.1, 0.15) is 11.6 Å². The van der Waals surface area contributed by atoms with Crippen LogP contribution in [0.3, 0.4) is 0 Å². The standard InChI is InChI=1S/C19H20FI2N3O3/c1-11(2)17(26)25-16-9-14(6-7-23-16)18(27)24-10-13-4-5-15(12(3)8-13)28-19(20,21)22/h4-9,11H,10H2,1-3H3,(H,24,27)(H,23,25,26). The van der Waals surface area contributed by atoms with Crippen molar-refractivity contribution < 1.29 is 18.7 Å². The molecule has 150 valence electrons. The minimum absolute atomic E-state index is 0.168. The van der Waals surface area contributed by atoms with Crippen LogP contribution in [0.15, 0.2) is 36.5 Å². The summed E-state index contributed by atoms with van der Waals surface area (Å²) in [5.41, 5.74) is 2.01. The van der Waals surface area contributed by atoms with Crippen molar-refractivity contribution in [2.24, 2.45) is 5.92 Å². The number of aromatic nitrogens is 1. The normalized spacial score (nSPS) is 11.2. The van der Waals surface area contributed by atoms with Gasteiger partial charge < -0.3 is 15.4 Å². The van der Waals surface area contributed by atoms with Crippen LogP contribution in [0, 0.1) is 12.8 Å². The summed E-state index contributed by atoms with van der Waals surface area (Å²) in [5.74, 6) is 0.134. The Bertz CT molecular complexity index is 870. The van der Waals surface area contributed by atoms with Gasteiger partial charge in [-0.05, 0) is 36.2 Å². The van der Waals surface area contributed by atoms with E-state index in [9.17, 15) is 14.0 Å². The molecular formula is C19H20FI2N3O3. The van der Waals surface area contributed by atoms with E-state index < -0.39 is 1.87 Å². The quantitative estimate of drug-likeness (QED) is 0.351. The molecule has 1 aromatic heterocycles. The molecule has 0 aliphatic carbocycles. The van der Waals surface area contributed by atoms with Crippen molar-refractivity contribution in [3.8, 4) is 5.75 Å². The fourth-order valence-corrected chi connectivity index (χ4v) is 2.73. The predicted molar refractivity (Wildman–Crippen MR) is 123 cm³/mol. The largest absolute Gasteiger partial charge is 0.442 e. The second-order valence-electron chi connectivity index (χ2n) is 6.40. The first-order chi connectivity index (χ1) is 13.0. The Balaban J connectivity index is 2.00. The first kappa shape index (κ1) is 22.8. The van der Waals surface area contributed by atoms with Crippen LogP contribution < -0.4 is 15.4 Å². The molecule has 6 nitrogen and oxygen atoms in total. The Morgan fingerprint density at radius 1 is 1.25 bits per heavy atom. The van der Waals surface area contributed by atoms with Crippen LogP contribution in [0.2, 0.25) is 0 Å². The summed E-state index contributed by atoms with van der Waals surface area (Å²) in [6.45, 7) is 5.66. The van der Waals surface area contributed by atoms with E-state index in [1.807, 2.05) is 13.0 Å². The molecule has 0 saturated carbocycles. The third kappa shape index (κ3) is 7.15. The fourth-order valence-electron chi connectivity index (χ4n) is 2.26. The molecular weight excluding hydrogens is 591 g/mol. The highest BCUT2D eigenvalue weighted by molar-refractivity contribution is 14.2. The lowest BCUT2D eigenvalue weighted by Crippen LogP contribution is -2.24. The second-order valence-corrected chi connectivity index (χ2v) is 11.2. The van der Waals surface area contributed by atoms with Gasteiger partial charge in [0.05, 0.1) is 0 Å². The Morgan fingerprint density at radius 2 is 1.96 bits per heavy atom. The summed E-state index contributed by atoms with van der Waals surface area (Å²) in [5, 5.41) is 5.48. The third-order valence-electron chi connectivity index (χ3n) is 3.72. The smallest absolute Gasteiger partial charge is 0.350 e. The first-order valence-electron chi connectivity index (χ1n) is 8.45. The lowest BCUT2D eigenvalue weighted by molar-refractivity contribution is -0.118. The average Bonchev–Trinajstić information content (AvgIpc) is 2.61. The van der Waals surface area contributed by atoms with Crippen molar-refractivity contribution in [2.45, 2.75) is 29.2 Å². The van der Waals surface area contributed by atoms with Crippen molar-refractivity contribution in [3.63, 3.8) is 0 Å². The number of carbonyl (C=O) groups is 2. The molecule has 0 unspecified atom stereocenters. The lowest BCUT2D eigenvalue weighted by Gasteiger charge is -2.16. The number of ether oxygens (including phenoxy) is 1. The Labute approximate surface area is 190 Å². The number of carbonyl (C=O) groups excluding carboxylic acids is 2. The number of nitrogens with zero attached hydrogens (tertiary/aromatic N) is 1. The number of hydrogen-bond acceptors (Lipinski definition) is 4. The van der Waals surface area contributed by atoms with Crippen LogP contribution in [0.5, 0.6) is 5.75 Å².